The van der Waals surface area contributed by atoms with Crippen molar-refractivity contribution in [1.82, 2.24) is 15.2 Å². The van der Waals surface area contributed by atoms with Crippen LogP contribution in [-0.4, -0.2) is 48.5 Å². The van der Waals surface area contributed by atoms with Crippen LogP contribution in [0.4, 0.5) is 23.1 Å². The summed E-state index contributed by atoms with van der Waals surface area (Å²) in [4.78, 5) is 9.27. The summed E-state index contributed by atoms with van der Waals surface area (Å²) >= 11 is 0. The van der Waals surface area contributed by atoms with Crippen molar-refractivity contribution in [1.29, 1.82) is 0 Å². The van der Waals surface area contributed by atoms with Crippen LogP contribution in [0.15, 0.2) is 48.7 Å². The highest BCUT2D eigenvalue weighted by Gasteiger charge is 2.21. The molecule has 1 aliphatic rings. The SMILES string of the molecule is COc1ccccc1N1CCN(c2cnnc(Nc3cc(C)cc(C)c3)n2)CC1. The van der Waals surface area contributed by atoms with E-state index >= 15 is 0 Å². The van der Waals surface area contributed by atoms with Crippen molar-refractivity contribution in [3.63, 3.8) is 0 Å². The number of methoxy groups -OCH3 is 1. The summed E-state index contributed by atoms with van der Waals surface area (Å²) in [6.07, 6.45) is 1.73. The first-order chi connectivity index (χ1) is 14.1. The second-order valence-corrected chi connectivity index (χ2v) is 7.29. The summed E-state index contributed by atoms with van der Waals surface area (Å²) in [5.41, 5.74) is 4.50. The third-order valence-electron chi connectivity index (χ3n) is 5.05. The molecule has 0 bridgehead atoms. The number of nitrogens with zero attached hydrogens (tertiary/aromatic N) is 5. The van der Waals surface area contributed by atoms with Crippen LogP contribution in [0.25, 0.3) is 0 Å². The monoisotopic (exact) mass is 390 g/mol. The number of piperazine rings is 1. The smallest absolute Gasteiger partial charge is 0.249 e. The van der Waals surface area contributed by atoms with Crippen LogP contribution in [-0.2, 0) is 0 Å². The standard InChI is InChI=1S/C22H26N6O/c1-16-12-17(2)14-18(13-16)24-22-25-21(15-23-26-22)28-10-8-27(9-11-28)19-6-4-5-7-20(19)29-3/h4-7,12-15H,8-11H2,1-3H3,(H,24,25,26). The Morgan fingerprint density at radius 1 is 0.931 bits per heavy atom. The normalized spacial score (nSPS) is 14.0. The van der Waals surface area contributed by atoms with Crippen molar-refractivity contribution < 1.29 is 4.74 Å². The van der Waals surface area contributed by atoms with Gasteiger partial charge in [0.25, 0.3) is 0 Å². The van der Waals surface area contributed by atoms with Gasteiger partial charge in [0, 0.05) is 31.9 Å². The molecule has 150 valence electrons. The van der Waals surface area contributed by atoms with Gasteiger partial charge in [-0.3, -0.25) is 0 Å². The number of aryl methyl sites for hydroxylation is 2. The van der Waals surface area contributed by atoms with Gasteiger partial charge < -0.3 is 19.9 Å². The van der Waals surface area contributed by atoms with E-state index in [1.54, 1.807) is 13.3 Å². The quantitative estimate of drug-likeness (QED) is 0.714. The van der Waals surface area contributed by atoms with E-state index in [-0.39, 0.29) is 0 Å². The van der Waals surface area contributed by atoms with Crippen LogP contribution < -0.4 is 19.9 Å². The second-order valence-electron chi connectivity index (χ2n) is 7.29. The predicted octanol–water partition coefficient (Wildman–Crippen LogP) is 3.57. The number of hydrogen-bond acceptors (Lipinski definition) is 7. The Labute approximate surface area is 171 Å². The maximum Gasteiger partial charge on any atom is 0.249 e. The molecule has 0 amide bonds. The minimum atomic E-state index is 0.514. The molecule has 4 rings (SSSR count). The van der Waals surface area contributed by atoms with E-state index in [0.29, 0.717) is 5.95 Å². The lowest BCUT2D eigenvalue weighted by atomic mass is 10.1. The maximum absolute atomic E-state index is 5.50. The van der Waals surface area contributed by atoms with Gasteiger partial charge in [-0.1, -0.05) is 18.2 Å². The van der Waals surface area contributed by atoms with Crippen LogP contribution in [0.3, 0.4) is 0 Å². The third-order valence-corrected chi connectivity index (χ3v) is 5.05. The van der Waals surface area contributed by atoms with E-state index in [2.05, 4.69) is 68.4 Å². The highest BCUT2D eigenvalue weighted by Crippen LogP contribution is 2.29. The van der Waals surface area contributed by atoms with Crippen LogP contribution in [0.5, 0.6) is 5.75 Å². The molecular formula is C22H26N6O. The van der Waals surface area contributed by atoms with E-state index in [1.165, 1.54) is 11.1 Å². The zero-order valence-electron chi connectivity index (χ0n) is 17.1. The van der Waals surface area contributed by atoms with Gasteiger partial charge in [0.15, 0.2) is 5.82 Å². The zero-order chi connectivity index (χ0) is 20.2. The fraction of sp³-hybridized carbons (Fsp3) is 0.318. The highest BCUT2D eigenvalue weighted by molar-refractivity contribution is 5.60. The fourth-order valence-electron chi connectivity index (χ4n) is 3.74. The molecule has 0 saturated carbocycles. The van der Waals surface area contributed by atoms with Gasteiger partial charge in [-0.05, 0) is 49.2 Å². The molecule has 1 aromatic heterocycles. The van der Waals surface area contributed by atoms with Crippen LogP contribution in [0.1, 0.15) is 11.1 Å². The molecule has 1 saturated heterocycles. The molecule has 1 fully saturated rings. The molecule has 7 nitrogen and oxygen atoms in total. The number of ether oxygens (including phenoxy) is 1. The van der Waals surface area contributed by atoms with Crippen molar-refractivity contribution >= 4 is 23.1 Å². The average Bonchev–Trinajstić information content (AvgIpc) is 2.73. The summed E-state index contributed by atoms with van der Waals surface area (Å²) in [6.45, 7) is 7.66. The van der Waals surface area contributed by atoms with Crippen molar-refractivity contribution in [3.8, 4) is 5.75 Å². The molecule has 29 heavy (non-hydrogen) atoms. The first-order valence-corrected chi connectivity index (χ1v) is 9.80. The molecule has 7 heteroatoms. The first-order valence-electron chi connectivity index (χ1n) is 9.80. The minimum Gasteiger partial charge on any atom is -0.495 e. The Morgan fingerprint density at radius 3 is 2.34 bits per heavy atom. The fourth-order valence-corrected chi connectivity index (χ4v) is 3.74. The summed E-state index contributed by atoms with van der Waals surface area (Å²) in [7, 11) is 1.71. The van der Waals surface area contributed by atoms with Crippen LogP contribution in [0.2, 0.25) is 0 Å². The molecule has 1 aliphatic heterocycles. The Kier molecular flexibility index (Phi) is 5.46. The van der Waals surface area contributed by atoms with Gasteiger partial charge in [-0.25, -0.2) is 0 Å². The largest absolute Gasteiger partial charge is 0.495 e. The number of aromatic nitrogens is 3. The number of hydrogen-bond donors (Lipinski definition) is 1. The molecule has 0 radical (unpaired) electrons. The lowest BCUT2D eigenvalue weighted by Crippen LogP contribution is -2.47. The van der Waals surface area contributed by atoms with Crippen molar-refractivity contribution in [2.75, 3.05) is 48.4 Å². The second kappa shape index (κ2) is 8.34. The van der Waals surface area contributed by atoms with E-state index in [0.717, 1.165) is 49.1 Å². The summed E-state index contributed by atoms with van der Waals surface area (Å²) in [6, 6.07) is 14.4. The lowest BCUT2D eigenvalue weighted by Gasteiger charge is -2.37. The molecule has 1 N–H and O–H groups in total. The van der Waals surface area contributed by atoms with Crippen LogP contribution >= 0.6 is 0 Å². The molecule has 3 aromatic rings. The minimum absolute atomic E-state index is 0.514. The maximum atomic E-state index is 5.50. The molecule has 0 unspecified atom stereocenters. The van der Waals surface area contributed by atoms with E-state index < -0.39 is 0 Å². The Balaban J connectivity index is 1.44. The van der Waals surface area contributed by atoms with Crippen LogP contribution in [0, 0.1) is 13.8 Å². The molecule has 0 atom stereocenters. The van der Waals surface area contributed by atoms with Gasteiger partial charge in [0.2, 0.25) is 5.95 Å². The number of benzene rings is 2. The van der Waals surface area contributed by atoms with Gasteiger partial charge in [-0.15, -0.1) is 5.10 Å². The van der Waals surface area contributed by atoms with Gasteiger partial charge in [0.05, 0.1) is 19.0 Å². The van der Waals surface area contributed by atoms with Crippen molar-refractivity contribution in [2.24, 2.45) is 0 Å². The number of rotatable bonds is 5. The topological polar surface area (TPSA) is 66.4 Å². The molecule has 2 aromatic carbocycles. The Morgan fingerprint density at radius 2 is 1.62 bits per heavy atom. The van der Waals surface area contributed by atoms with Crippen molar-refractivity contribution in [2.45, 2.75) is 13.8 Å². The number of para-hydroxylation sites is 2. The number of nitrogens with one attached hydrogen (secondary N) is 1. The van der Waals surface area contributed by atoms with E-state index in [4.69, 9.17) is 4.74 Å². The summed E-state index contributed by atoms with van der Waals surface area (Å²) in [5, 5.41) is 11.6. The molecule has 0 spiro atoms. The molecule has 0 aliphatic carbocycles. The Bertz CT molecular complexity index is 964. The van der Waals surface area contributed by atoms with E-state index in [1.807, 2.05) is 18.2 Å². The van der Waals surface area contributed by atoms with Gasteiger partial charge >= 0.3 is 0 Å². The Hall–Kier alpha value is -3.35. The predicted molar refractivity (Wildman–Crippen MR) is 116 cm³/mol. The van der Waals surface area contributed by atoms with Gasteiger partial charge in [-0.2, -0.15) is 10.1 Å². The van der Waals surface area contributed by atoms with E-state index in [9.17, 15) is 0 Å². The summed E-state index contributed by atoms with van der Waals surface area (Å²) < 4.78 is 5.50. The summed E-state index contributed by atoms with van der Waals surface area (Å²) in [5.74, 6) is 2.26. The zero-order valence-corrected chi connectivity index (χ0v) is 17.1. The number of anilines is 4. The third kappa shape index (κ3) is 4.39. The lowest BCUT2D eigenvalue weighted by molar-refractivity contribution is 0.413. The highest BCUT2D eigenvalue weighted by atomic mass is 16.5. The molecular weight excluding hydrogens is 364 g/mol. The molecule has 2 heterocycles. The van der Waals surface area contributed by atoms with Gasteiger partial charge in [0.1, 0.15) is 5.75 Å². The van der Waals surface area contributed by atoms with Crippen molar-refractivity contribution in [3.05, 3.63) is 59.8 Å². The average molecular weight is 390 g/mol. The first kappa shape index (κ1) is 19.0.